The van der Waals surface area contributed by atoms with Gasteiger partial charge in [-0.15, -0.1) is 0 Å². The maximum Gasteiger partial charge on any atom is 0.252 e. The lowest BCUT2D eigenvalue weighted by Crippen LogP contribution is -2.46. The number of rotatable bonds is 2. The normalized spacial score (nSPS) is 20.0. The Kier molecular flexibility index (Phi) is 4.20. The van der Waals surface area contributed by atoms with Crippen LogP contribution in [0, 0.1) is 6.92 Å². The third-order valence-electron chi connectivity index (χ3n) is 3.61. The second kappa shape index (κ2) is 5.87. The molecule has 0 saturated carbocycles. The van der Waals surface area contributed by atoms with E-state index in [1.165, 1.54) is 0 Å². The highest BCUT2D eigenvalue weighted by Crippen LogP contribution is 2.13. The molecule has 2 rings (SSSR count). The molecule has 1 heterocycles. The molecule has 0 spiro atoms. The van der Waals surface area contributed by atoms with Crippen molar-refractivity contribution in [3.05, 3.63) is 35.4 Å². The maximum atomic E-state index is 12.2. The number of hydrogen-bond donors (Lipinski definition) is 1. The molecule has 1 aliphatic heterocycles. The average Bonchev–Trinajstić information content (AvgIpc) is 2.55. The third kappa shape index (κ3) is 3.13. The predicted molar refractivity (Wildman–Crippen MR) is 73.9 cm³/mol. The van der Waals surface area contributed by atoms with Crippen molar-refractivity contribution in [3.8, 4) is 0 Å². The number of hydrogen-bond acceptors (Lipinski definition) is 2. The summed E-state index contributed by atoms with van der Waals surface area (Å²) in [6.45, 7) is 2.67. The lowest BCUT2D eigenvalue weighted by atomic mass is 10.1. The fourth-order valence-corrected chi connectivity index (χ4v) is 2.39. The van der Waals surface area contributed by atoms with E-state index in [1.807, 2.05) is 25.1 Å². The number of amides is 2. The molecule has 1 saturated heterocycles. The van der Waals surface area contributed by atoms with Crippen molar-refractivity contribution in [1.82, 2.24) is 10.2 Å². The topological polar surface area (TPSA) is 49.4 Å². The monoisotopic (exact) mass is 260 g/mol. The Morgan fingerprint density at radius 3 is 2.79 bits per heavy atom. The van der Waals surface area contributed by atoms with E-state index in [-0.39, 0.29) is 17.9 Å². The molecular formula is C15H20N2O2. The first-order valence-corrected chi connectivity index (χ1v) is 6.71. The first kappa shape index (κ1) is 13.6. The Bertz CT molecular complexity index is 485. The minimum Gasteiger partial charge on any atom is -0.344 e. The molecule has 1 atom stereocenters. The third-order valence-corrected chi connectivity index (χ3v) is 3.61. The summed E-state index contributed by atoms with van der Waals surface area (Å²) in [5.74, 6) is -0.147. The van der Waals surface area contributed by atoms with Gasteiger partial charge >= 0.3 is 0 Å². The number of likely N-dealkylation sites (tertiary alicyclic amines) is 1. The summed E-state index contributed by atoms with van der Waals surface area (Å²) in [6, 6.07) is 7.03. The van der Waals surface area contributed by atoms with E-state index in [1.54, 1.807) is 18.0 Å². The van der Waals surface area contributed by atoms with Crippen LogP contribution in [0.1, 0.15) is 35.2 Å². The summed E-state index contributed by atoms with van der Waals surface area (Å²) < 4.78 is 0. The molecule has 1 N–H and O–H groups in total. The first-order valence-electron chi connectivity index (χ1n) is 6.71. The Balaban J connectivity index is 2.10. The van der Waals surface area contributed by atoms with Crippen LogP contribution < -0.4 is 5.32 Å². The van der Waals surface area contributed by atoms with Crippen LogP contribution >= 0.6 is 0 Å². The molecule has 2 amide bonds. The highest BCUT2D eigenvalue weighted by Gasteiger charge is 2.26. The summed E-state index contributed by atoms with van der Waals surface area (Å²) in [5.41, 5.74) is 1.57. The van der Waals surface area contributed by atoms with Crippen molar-refractivity contribution in [2.24, 2.45) is 0 Å². The first-order chi connectivity index (χ1) is 9.09. The number of aryl methyl sites for hydroxylation is 1. The van der Waals surface area contributed by atoms with Gasteiger partial charge in [-0.2, -0.15) is 0 Å². The van der Waals surface area contributed by atoms with Gasteiger partial charge in [0.25, 0.3) is 5.91 Å². The quantitative estimate of drug-likeness (QED) is 0.880. The van der Waals surface area contributed by atoms with Crippen molar-refractivity contribution in [3.63, 3.8) is 0 Å². The highest BCUT2D eigenvalue weighted by molar-refractivity contribution is 5.98. The largest absolute Gasteiger partial charge is 0.344 e. The van der Waals surface area contributed by atoms with Crippen molar-refractivity contribution < 1.29 is 9.59 Å². The van der Waals surface area contributed by atoms with Gasteiger partial charge in [0.2, 0.25) is 5.91 Å². The Morgan fingerprint density at radius 1 is 1.32 bits per heavy atom. The number of benzene rings is 1. The molecule has 102 valence electrons. The number of carbonyl (C=O) groups excluding carboxylic acids is 2. The van der Waals surface area contributed by atoms with Crippen LogP contribution in [0.3, 0.4) is 0 Å². The fraction of sp³-hybridized carbons (Fsp3) is 0.467. The van der Waals surface area contributed by atoms with Gasteiger partial charge < -0.3 is 10.2 Å². The van der Waals surface area contributed by atoms with Gasteiger partial charge in [-0.25, -0.2) is 0 Å². The number of nitrogens with zero attached hydrogens (tertiary/aromatic N) is 1. The minimum absolute atomic E-state index is 0.0134. The lowest BCUT2D eigenvalue weighted by molar-refractivity contribution is -0.131. The molecule has 1 aliphatic rings. The van der Waals surface area contributed by atoms with Gasteiger partial charge in [-0.05, 0) is 37.8 Å². The summed E-state index contributed by atoms with van der Waals surface area (Å²) in [5, 5.41) is 2.87. The fourth-order valence-electron chi connectivity index (χ4n) is 2.39. The van der Waals surface area contributed by atoms with Crippen molar-refractivity contribution >= 4 is 11.8 Å². The standard InChI is InChI=1S/C15H20N2O2/c1-11-7-3-4-8-12(11)14(18)16-13-9-5-6-10-17(2)15(13)19/h3-4,7-8,13H,5-6,9-10H2,1-2H3,(H,16,18). The smallest absolute Gasteiger partial charge is 0.252 e. The van der Waals surface area contributed by atoms with E-state index in [0.717, 1.165) is 31.4 Å². The SMILES string of the molecule is Cc1ccccc1C(=O)NC1CCCCN(C)C1=O. The van der Waals surface area contributed by atoms with Crippen molar-refractivity contribution in [2.45, 2.75) is 32.2 Å². The van der Waals surface area contributed by atoms with Crippen LogP contribution in [-0.4, -0.2) is 36.3 Å². The van der Waals surface area contributed by atoms with Crippen molar-refractivity contribution in [1.29, 1.82) is 0 Å². The molecule has 0 radical (unpaired) electrons. The van der Waals surface area contributed by atoms with Crippen LogP contribution in [0.25, 0.3) is 0 Å². The molecule has 4 nitrogen and oxygen atoms in total. The maximum absolute atomic E-state index is 12.2. The molecule has 19 heavy (non-hydrogen) atoms. The van der Waals surface area contributed by atoms with Crippen molar-refractivity contribution in [2.75, 3.05) is 13.6 Å². The number of likely N-dealkylation sites (N-methyl/N-ethyl adjacent to an activating group) is 1. The van der Waals surface area contributed by atoms with E-state index < -0.39 is 0 Å². The van der Waals surface area contributed by atoms with E-state index >= 15 is 0 Å². The second-order valence-corrected chi connectivity index (χ2v) is 5.10. The van der Waals surface area contributed by atoms with Gasteiger partial charge in [0.1, 0.15) is 6.04 Å². The molecule has 1 fully saturated rings. The molecule has 0 bridgehead atoms. The Morgan fingerprint density at radius 2 is 2.05 bits per heavy atom. The molecule has 1 unspecified atom stereocenters. The average molecular weight is 260 g/mol. The summed E-state index contributed by atoms with van der Waals surface area (Å²) in [4.78, 5) is 26.0. The van der Waals surface area contributed by atoms with Crippen LogP contribution in [0.2, 0.25) is 0 Å². The summed E-state index contributed by atoms with van der Waals surface area (Å²) in [7, 11) is 1.79. The molecule has 1 aromatic carbocycles. The predicted octanol–water partition coefficient (Wildman–Crippen LogP) is 1.74. The zero-order chi connectivity index (χ0) is 13.8. The molecule has 0 aromatic heterocycles. The zero-order valence-corrected chi connectivity index (χ0v) is 11.5. The lowest BCUT2D eigenvalue weighted by Gasteiger charge is -2.21. The number of carbonyl (C=O) groups is 2. The van der Waals surface area contributed by atoms with E-state index in [4.69, 9.17) is 0 Å². The van der Waals surface area contributed by atoms with Gasteiger partial charge in [0.15, 0.2) is 0 Å². The van der Waals surface area contributed by atoms with E-state index in [2.05, 4.69) is 5.32 Å². The molecule has 4 heteroatoms. The Hall–Kier alpha value is -1.84. The van der Waals surface area contributed by atoms with Crippen LogP contribution in [0.5, 0.6) is 0 Å². The van der Waals surface area contributed by atoms with Gasteiger partial charge in [-0.1, -0.05) is 18.2 Å². The summed E-state index contributed by atoms with van der Waals surface area (Å²) in [6.07, 6.45) is 2.69. The van der Waals surface area contributed by atoms with E-state index in [0.29, 0.717) is 5.56 Å². The van der Waals surface area contributed by atoms with Gasteiger partial charge in [0.05, 0.1) is 0 Å². The van der Waals surface area contributed by atoms with Gasteiger partial charge in [-0.3, -0.25) is 9.59 Å². The zero-order valence-electron chi connectivity index (χ0n) is 11.5. The molecule has 1 aromatic rings. The second-order valence-electron chi connectivity index (χ2n) is 5.10. The van der Waals surface area contributed by atoms with E-state index in [9.17, 15) is 9.59 Å². The highest BCUT2D eigenvalue weighted by atomic mass is 16.2. The molecular weight excluding hydrogens is 240 g/mol. The molecule has 0 aliphatic carbocycles. The van der Waals surface area contributed by atoms with Crippen LogP contribution in [-0.2, 0) is 4.79 Å². The number of nitrogens with one attached hydrogen (secondary N) is 1. The van der Waals surface area contributed by atoms with Crippen LogP contribution in [0.4, 0.5) is 0 Å². The summed E-state index contributed by atoms with van der Waals surface area (Å²) >= 11 is 0. The minimum atomic E-state index is -0.389. The van der Waals surface area contributed by atoms with Crippen LogP contribution in [0.15, 0.2) is 24.3 Å². The van der Waals surface area contributed by atoms with Gasteiger partial charge in [0, 0.05) is 19.2 Å². The Labute approximate surface area is 113 Å².